The number of hydrogen-bond acceptors (Lipinski definition) is 4. The van der Waals surface area contributed by atoms with Crippen molar-refractivity contribution < 1.29 is 13.9 Å². The van der Waals surface area contributed by atoms with Gasteiger partial charge in [0, 0.05) is 17.1 Å². The molecule has 4 rings (SSSR count). The van der Waals surface area contributed by atoms with Gasteiger partial charge < -0.3 is 14.6 Å². The molecule has 1 aliphatic heterocycles. The Balaban J connectivity index is 1.63. The molecule has 3 aromatic rings. The van der Waals surface area contributed by atoms with Gasteiger partial charge in [0.25, 0.3) is 5.91 Å². The van der Waals surface area contributed by atoms with Crippen molar-refractivity contribution in [2.24, 2.45) is 4.99 Å². The number of nitrogens with one attached hydrogen (secondary N) is 1. The first kappa shape index (κ1) is 20.0. The molecule has 1 aliphatic rings. The monoisotopic (exact) mass is 421 g/mol. The Morgan fingerprint density at radius 1 is 1.13 bits per heavy atom. The second-order valence-corrected chi connectivity index (χ2v) is 7.82. The number of carbonyl (C=O) groups is 1. The third-order valence-electron chi connectivity index (χ3n) is 4.81. The van der Waals surface area contributed by atoms with Crippen molar-refractivity contribution in [1.29, 1.82) is 0 Å². The average Bonchev–Trinajstić information content (AvgIpc) is 3.22. The largest absolute Gasteiger partial charge is 0.497 e. The highest BCUT2D eigenvalue weighted by Crippen LogP contribution is 2.31. The zero-order valence-electron chi connectivity index (χ0n) is 16.8. The number of carbonyl (C=O) groups excluding carboxylic acids is 1. The summed E-state index contributed by atoms with van der Waals surface area (Å²) in [5.74, 6) is 0.119. The topological polar surface area (TPSA) is 55.6 Å². The van der Waals surface area contributed by atoms with Gasteiger partial charge in [0.05, 0.1) is 12.0 Å². The fourth-order valence-electron chi connectivity index (χ4n) is 3.34. The van der Waals surface area contributed by atoms with Crippen LogP contribution in [0.3, 0.4) is 0 Å². The van der Waals surface area contributed by atoms with Crippen LogP contribution in [0.25, 0.3) is 11.8 Å². The van der Waals surface area contributed by atoms with Crippen LogP contribution in [-0.2, 0) is 4.79 Å². The first-order valence-electron chi connectivity index (χ1n) is 9.34. The van der Waals surface area contributed by atoms with Gasteiger partial charge in [0.2, 0.25) is 0 Å². The molecule has 0 unspecified atom stereocenters. The van der Waals surface area contributed by atoms with Crippen molar-refractivity contribution in [3.63, 3.8) is 0 Å². The Labute approximate surface area is 178 Å². The summed E-state index contributed by atoms with van der Waals surface area (Å²) in [7, 11) is 1.64. The molecule has 1 fully saturated rings. The molecular formula is C23H20FN3O2S. The molecule has 2 heterocycles. The van der Waals surface area contributed by atoms with Gasteiger partial charge in [0.15, 0.2) is 5.17 Å². The molecule has 1 aromatic heterocycles. The number of aliphatic imine (C=N–C) groups is 1. The number of rotatable bonds is 4. The Morgan fingerprint density at radius 3 is 2.57 bits per heavy atom. The van der Waals surface area contributed by atoms with Crippen molar-refractivity contribution in [1.82, 2.24) is 9.88 Å². The van der Waals surface area contributed by atoms with Crippen molar-refractivity contribution >= 4 is 34.6 Å². The van der Waals surface area contributed by atoms with Crippen LogP contribution in [0.1, 0.15) is 17.0 Å². The summed E-state index contributed by atoms with van der Waals surface area (Å²) in [5, 5.41) is 3.06. The van der Waals surface area contributed by atoms with Crippen LogP contribution in [0, 0.1) is 19.7 Å². The smallest absolute Gasteiger partial charge is 0.264 e. The van der Waals surface area contributed by atoms with Gasteiger partial charge in [-0.3, -0.25) is 4.79 Å². The molecule has 0 atom stereocenters. The summed E-state index contributed by atoms with van der Waals surface area (Å²) >= 11 is 1.20. The van der Waals surface area contributed by atoms with E-state index >= 15 is 0 Å². The van der Waals surface area contributed by atoms with Crippen molar-refractivity contribution in [2.75, 3.05) is 7.11 Å². The average molecular weight is 421 g/mol. The summed E-state index contributed by atoms with van der Waals surface area (Å²) in [5.41, 5.74) is 4.21. The van der Waals surface area contributed by atoms with E-state index in [-0.39, 0.29) is 11.6 Å². The van der Waals surface area contributed by atoms with Crippen LogP contribution in [0.15, 0.2) is 64.5 Å². The van der Waals surface area contributed by atoms with Crippen LogP contribution in [0.5, 0.6) is 5.75 Å². The van der Waals surface area contributed by atoms with E-state index in [9.17, 15) is 9.18 Å². The van der Waals surface area contributed by atoms with Gasteiger partial charge in [-0.1, -0.05) is 12.1 Å². The van der Waals surface area contributed by atoms with Crippen molar-refractivity contribution in [3.05, 3.63) is 82.3 Å². The maximum Gasteiger partial charge on any atom is 0.264 e. The number of amidine groups is 1. The SMILES string of the molecule is COc1ccc(-n2c(C)cc(/C=C3\SC(=Nc4ccccc4F)NC3=O)c2C)cc1. The fraction of sp³-hybridized carbons (Fsp3) is 0.130. The second-order valence-electron chi connectivity index (χ2n) is 6.79. The third-order valence-corrected chi connectivity index (χ3v) is 5.72. The van der Waals surface area contributed by atoms with E-state index in [2.05, 4.69) is 14.9 Å². The summed E-state index contributed by atoms with van der Waals surface area (Å²) in [6.45, 7) is 4.03. The number of ether oxygens (including phenoxy) is 1. The number of nitrogens with zero attached hydrogens (tertiary/aromatic N) is 2. The number of methoxy groups -OCH3 is 1. The molecule has 1 saturated heterocycles. The first-order valence-corrected chi connectivity index (χ1v) is 10.2. The van der Waals surface area contributed by atoms with Gasteiger partial charge in [-0.05, 0) is 79.7 Å². The summed E-state index contributed by atoms with van der Waals surface area (Å²) in [6, 6.07) is 16.1. The second kappa shape index (κ2) is 8.20. The standard InChI is InChI=1S/C23H20FN3O2S/c1-14-12-16(15(2)27(14)17-8-10-18(29-3)11-9-17)13-21-22(28)26-23(30-21)25-20-7-5-4-6-19(20)24/h4-13H,1-3H3,(H,25,26,28)/b21-13-. The number of para-hydroxylation sites is 1. The first-order chi connectivity index (χ1) is 14.5. The van der Waals surface area contributed by atoms with E-state index in [4.69, 9.17) is 4.74 Å². The van der Waals surface area contributed by atoms with Crippen LogP contribution >= 0.6 is 11.8 Å². The van der Waals surface area contributed by atoms with Gasteiger partial charge in [-0.2, -0.15) is 0 Å². The summed E-state index contributed by atoms with van der Waals surface area (Å²) in [6.07, 6.45) is 1.84. The minimum atomic E-state index is -0.430. The molecule has 2 aromatic carbocycles. The number of thioether (sulfide) groups is 1. The highest BCUT2D eigenvalue weighted by molar-refractivity contribution is 8.18. The lowest BCUT2D eigenvalue weighted by Crippen LogP contribution is -2.19. The predicted octanol–water partition coefficient (Wildman–Crippen LogP) is 5.13. The molecule has 0 bridgehead atoms. The molecule has 0 aliphatic carbocycles. The Kier molecular flexibility index (Phi) is 5.46. The lowest BCUT2D eigenvalue weighted by Gasteiger charge is -2.10. The normalized spacial score (nSPS) is 16.3. The van der Waals surface area contributed by atoms with E-state index in [1.807, 2.05) is 50.3 Å². The van der Waals surface area contributed by atoms with Crippen LogP contribution in [0.2, 0.25) is 0 Å². The van der Waals surface area contributed by atoms with E-state index in [1.54, 1.807) is 25.3 Å². The third kappa shape index (κ3) is 3.89. The zero-order valence-corrected chi connectivity index (χ0v) is 17.6. The maximum absolute atomic E-state index is 13.8. The molecule has 1 N–H and O–H groups in total. The van der Waals surface area contributed by atoms with Gasteiger partial charge >= 0.3 is 0 Å². The van der Waals surface area contributed by atoms with E-state index < -0.39 is 5.82 Å². The minimum Gasteiger partial charge on any atom is -0.497 e. The van der Waals surface area contributed by atoms with Crippen molar-refractivity contribution in [3.8, 4) is 11.4 Å². The molecule has 7 heteroatoms. The number of benzene rings is 2. The number of aromatic nitrogens is 1. The minimum absolute atomic E-state index is 0.194. The molecule has 30 heavy (non-hydrogen) atoms. The fourth-order valence-corrected chi connectivity index (χ4v) is 4.16. The number of aryl methyl sites for hydroxylation is 1. The van der Waals surface area contributed by atoms with E-state index in [0.29, 0.717) is 10.1 Å². The lowest BCUT2D eigenvalue weighted by atomic mass is 10.2. The van der Waals surface area contributed by atoms with Gasteiger partial charge in [0.1, 0.15) is 17.3 Å². The summed E-state index contributed by atoms with van der Waals surface area (Å²) in [4.78, 5) is 17.1. The Bertz CT molecular complexity index is 1180. The molecule has 152 valence electrons. The van der Waals surface area contributed by atoms with Crippen LogP contribution < -0.4 is 10.1 Å². The number of amides is 1. The van der Waals surface area contributed by atoms with Gasteiger partial charge in [-0.15, -0.1) is 0 Å². The van der Waals surface area contributed by atoms with Gasteiger partial charge in [-0.25, -0.2) is 9.38 Å². The number of halogens is 1. The lowest BCUT2D eigenvalue weighted by molar-refractivity contribution is -0.115. The molecule has 0 spiro atoms. The van der Waals surface area contributed by atoms with E-state index in [0.717, 1.165) is 28.4 Å². The zero-order chi connectivity index (χ0) is 21.3. The Morgan fingerprint density at radius 2 is 1.87 bits per heavy atom. The number of hydrogen-bond donors (Lipinski definition) is 1. The molecule has 5 nitrogen and oxygen atoms in total. The quantitative estimate of drug-likeness (QED) is 0.594. The molecule has 0 radical (unpaired) electrons. The molecular weight excluding hydrogens is 401 g/mol. The highest BCUT2D eigenvalue weighted by atomic mass is 32.2. The Hall–Kier alpha value is -3.32. The summed E-state index contributed by atoms with van der Waals surface area (Å²) < 4.78 is 21.2. The van der Waals surface area contributed by atoms with Crippen LogP contribution in [0.4, 0.5) is 10.1 Å². The van der Waals surface area contributed by atoms with Crippen LogP contribution in [-0.4, -0.2) is 22.8 Å². The maximum atomic E-state index is 13.8. The molecule has 0 saturated carbocycles. The highest BCUT2D eigenvalue weighted by Gasteiger charge is 2.25. The predicted molar refractivity (Wildman–Crippen MR) is 119 cm³/mol. The van der Waals surface area contributed by atoms with Crippen molar-refractivity contribution in [2.45, 2.75) is 13.8 Å². The molecule has 1 amide bonds. The van der Waals surface area contributed by atoms with E-state index in [1.165, 1.54) is 17.8 Å².